The van der Waals surface area contributed by atoms with E-state index in [4.69, 9.17) is 4.74 Å². The molecule has 20 heavy (non-hydrogen) atoms. The van der Waals surface area contributed by atoms with Gasteiger partial charge in [0.25, 0.3) is 0 Å². The average molecular weight is 269 g/mol. The number of amides is 1. The molecule has 1 atom stereocenters. The van der Waals surface area contributed by atoms with E-state index in [9.17, 15) is 4.79 Å². The number of nitrogens with one attached hydrogen (secondary N) is 1. The monoisotopic (exact) mass is 269 g/mol. The van der Waals surface area contributed by atoms with Crippen LogP contribution in [0, 0.1) is 0 Å². The van der Waals surface area contributed by atoms with E-state index in [1.165, 1.54) is 0 Å². The molecule has 0 heterocycles. The molecule has 0 spiro atoms. The van der Waals surface area contributed by atoms with Crippen LogP contribution < -0.4 is 5.32 Å². The van der Waals surface area contributed by atoms with Crippen LogP contribution in [-0.2, 0) is 4.74 Å². The quantitative estimate of drug-likeness (QED) is 0.873. The summed E-state index contributed by atoms with van der Waals surface area (Å²) in [4.78, 5) is 11.8. The van der Waals surface area contributed by atoms with Crippen molar-refractivity contribution in [3.63, 3.8) is 0 Å². The van der Waals surface area contributed by atoms with E-state index >= 15 is 0 Å². The van der Waals surface area contributed by atoms with Gasteiger partial charge in [-0.15, -0.1) is 0 Å². The van der Waals surface area contributed by atoms with Gasteiger partial charge >= 0.3 is 6.09 Å². The number of anilines is 1. The van der Waals surface area contributed by atoms with Crippen LogP contribution in [0.4, 0.5) is 10.5 Å². The van der Waals surface area contributed by atoms with Gasteiger partial charge in [-0.3, -0.25) is 5.32 Å². The zero-order chi connectivity index (χ0) is 14.4. The second-order valence-electron chi connectivity index (χ2n) is 4.66. The number of benzene rings is 2. The Kier molecular flexibility index (Phi) is 4.77. The topological polar surface area (TPSA) is 38.3 Å². The summed E-state index contributed by atoms with van der Waals surface area (Å²) in [6.07, 6.45) is 0.301. The molecule has 0 aliphatic heterocycles. The zero-order valence-corrected chi connectivity index (χ0v) is 11.8. The van der Waals surface area contributed by atoms with Gasteiger partial charge in [-0.1, -0.05) is 55.5 Å². The van der Waals surface area contributed by atoms with E-state index in [1.54, 1.807) is 0 Å². The minimum Gasteiger partial charge on any atom is -0.446 e. The predicted octanol–water partition coefficient (Wildman–Crippen LogP) is 4.70. The second-order valence-corrected chi connectivity index (χ2v) is 4.66. The van der Waals surface area contributed by atoms with Crippen LogP contribution in [0.15, 0.2) is 54.6 Å². The third-order valence-corrected chi connectivity index (χ3v) is 3.13. The van der Waals surface area contributed by atoms with E-state index in [-0.39, 0.29) is 6.10 Å². The van der Waals surface area contributed by atoms with Crippen LogP contribution in [-0.4, -0.2) is 12.2 Å². The maximum Gasteiger partial charge on any atom is 0.411 e. The summed E-state index contributed by atoms with van der Waals surface area (Å²) >= 11 is 0. The Hall–Kier alpha value is -2.29. The summed E-state index contributed by atoms with van der Waals surface area (Å²) in [7, 11) is 0. The average Bonchev–Trinajstić information content (AvgIpc) is 2.48. The normalized spacial score (nSPS) is 11.7. The Bertz CT molecular complexity index is 566. The fourth-order valence-corrected chi connectivity index (χ4v) is 1.87. The first-order valence-electron chi connectivity index (χ1n) is 6.82. The lowest BCUT2D eigenvalue weighted by atomic mass is 10.0. The van der Waals surface area contributed by atoms with Crippen LogP contribution in [0.1, 0.15) is 20.3 Å². The van der Waals surface area contributed by atoms with Crippen molar-refractivity contribution in [2.75, 3.05) is 5.32 Å². The van der Waals surface area contributed by atoms with Gasteiger partial charge in [0, 0.05) is 5.56 Å². The molecular formula is C17H19NO2. The van der Waals surface area contributed by atoms with Gasteiger partial charge in [0.2, 0.25) is 0 Å². The minimum atomic E-state index is -0.414. The first kappa shape index (κ1) is 14.1. The largest absolute Gasteiger partial charge is 0.446 e. The van der Waals surface area contributed by atoms with Crippen LogP contribution in [0.5, 0.6) is 0 Å². The van der Waals surface area contributed by atoms with E-state index in [2.05, 4.69) is 5.32 Å². The molecule has 0 aliphatic rings. The number of carbonyl (C=O) groups is 1. The van der Waals surface area contributed by atoms with Crippen LogP contribution in [0.25, 0.3) is 11.1 Å². The zero-order valence-electron chi connectivity index (χ0n) is 11.8. The van der Waals surface area contributed by atoms with Crippen molar-refractivity contribution in [1.29, 1.82) is 0 Å². The Balaban J connectivity index is 2.19. The highest BCUT2D eigenvalue weighted by Crippen LogP contribution is 2.27. The molecule has 3 nitrogen and oxygen atoms in total. The van der Waals surface area contributed by atoms with E-state index in [0.29, 0.717) is 0 Å². The van der Waals surface area contributed by atoms with Gasteiger partial charge in [0.1, 0.15) is 6.10 Å². The molecule has 0 aliphatic carbocycles. The molecule has 104 valence electrons. The number of rotatable bonds is 4. The number of carbonyl (C=O) groups excluding carboxylic acids is 1. The van der Waals surface area contributed by atoms with Gasteiger partial charge in [-0.25, -0.2) is 4.79 Å². The van der Waals surface area contributed by atoms with Crippen LogP contribution in [0.2, 0.25) is 0 Å². The SMILES string of the molecule is CCC(C)OC(=O)Nc1ccccc1-c1ccccc1. The Labute approximate surface area is 119 Å². The second kappa shape index (κ2) is 6.75. The van der Waals surface area contributed by atoms with Gasteiger partial charge < -0.3 is 4.74 Å². The summed E-state index contributed by atoms with van der Waals surface area (Å²) in [5.74, 6) is 0. The molecule has 2 aromatic rings. The van der Waals surface area contributed by atoms with Crippen molar-refractivity contribution in [3.05, 3.63) is 54.6 Å². The van der Waals surface area contributed by atoms with Crippen molar-refractivity contribution in [1.82, 2.24) is 0 Å². The van der Waals surface area contributed by atoms with E-state index in [0.717, 1.165) is 23.2 Å². The molecule has 0 fully saturated rings. The summed E-state index contributed by atoms with van der Waals surface area (Å²) in [5.41, 5.74) is 2.80. The first-order valence-corrected chi connectivity index (χ1v) is 6.82. The lowest BCUT2D eigenvalue weighted by Crippen LogP contribution is -2.19. The van der Waals surface area contributed by atoms with Crippen molar-refractivity contribution in [2.24, 2.45) is 0 Å². The molecule has 0 bridgehead atoms. The lowest BCUT2D eigenvalue weighted by molar-refractivity contribution is 0.118. The Morgan fingerprint density at radius 3 is 2.45 bits per heavy atom. The minimum absolute atomic E-state index is 0.0844. The molecule has 0 radical (unpaired) electrons. The van der Waals surface area contributed by atoms with Gasteiger partial charge in [0.05, 0.1) is 5.69 Å². The molecule has 0 saturated heterocycles. The third kappa shape index (κ3) is 3.60. The van der Waals surface area contributed by atoms with Crippen molar-refractivity contribution in [2.45, 2.75) is 26.4 Å². The molecular weight excluding hydrogens is 250 g/mol. The molecule has 3 heteroatoms. The van der Waals surface area contributed by atoms with E-state index in [1.807, 2.05) is 68.4 Å². The molecule has 0 aromatic heterocycles. The summed E-state index contributed by atoms with van der Waals surface area (Å²) < 4.78 is 5.24. The lowest BCUT2D eigenvalue weighted by Gasteiger charge is -2.14. The van der Waals surface area contributed by atoms with Crippen molar-refractivity contribution in [3.8, 4) is 11.1 Å². The fraction of sp³-hybridized carbons (Fsp3) is 0.235. The van der Waals surface area contributed by atoms with Gasteiger partial charge in [0.15, 0.2) is 0 Å². The van der Waals surface area contributed by atoms with Gasteiger partial charge in [-0.2, -0.15) is 0 Å². The number of hydrogen-bond acceptors (Lipinski definition) is 2. The summed E-state index contributed by atoms with van der Waals surface area (Å²) in [6.45, 7) is 3.86. The van der Waals surface area contributed by atoms with Crippen molar-refractivity contribution >= 4 is 11.8 Å². The molecule has 2 rings (SSSR count). The predicted molar refractivity (Wildman–Crippen MR) is 81.7 cm³/mol. The standard InChI is InChI=1S/C17H19NO2/c1-3-13(2)20-17(19)18-16-12-8-7-11-15(16)14-9-5-4-6-10-14/h4-13H,3H2,1-2H3,(H,18,19). The fourth-order valence-electron chi connectivity index (χ4n) is 1.87. The van der Waals surface area contributed by atoms with E-state index < -0.39 is 6.09 Å². The highest BCUT2D eigenvalue weighted by Gasteiger charge is 2.10. The number of hydrogen-bond donors (Lipinski definition) is 1. The smallest absolute Gasteiger partial charge is 0.411 e. The highest BCUT2D eigenvalue weighted by molar-refractivity contribution is 5.91. The van der Waals surface area contributed by atoms with Gasteiger partial charge in [-0.05, 0) is 25.0 Å². The molecule has 1 amide bonds. The molecule has 2 aromatic carbocycles. The van der Waals surface area contributed by atoms with Crippen LogP contribution in [0.3, 0.4) is 0 Å². The number of para-hydroxylation sites is 1. The van der Waals surface area contributed by atoms with Crippen molar-refractivity contribution < 1.29 is 9.53 Å². The molecule has 1 unspecified atom stereocenters. The molecule has 0 saturated carbocycles. The van der Waals surface area contributed by atoms with Crippen LogP contribution >= 0.6 is 0 Å². The highest BCUT2D eigenvalue weighted by atomic mass is 16.6. The maximum absolute atomic E-state index is 11.8. The third-order valence-electron chi connectivity index (χ3n) is 3.13. The summed E-state index contributed by atoms with van der Waals surface area (Å²) in [6, 6.07) is 17.7. The maximum atomic E-state index is 11.8. The Morgan fingerprint density at radius 2 is 1.75 bits per heavy atom. The number of ether oxygens (including phenoxy) is 1. The molecule has 1 N–H and O–H groups in total. The Morgan fingerprint density at radius 1 is 1.10 bits per heavy atom. The summed E-state index contributed by atoms with van der Waals surface area (Å²) in [5, 5.41) is 2.81. The first-order chi connectivity index (χ1) is 9.70.